The van der Waals surface area contributed by atoms with E-state index in [-0.39, 0.29) is 10.8 Å². The van der Waals surface area contributed by atoms with E-state index in [1.54, 1.807) is 0 Å². The zero-order valence-electron chi connectivity index (χ0n) is 35.9. The van der Waals surface area contributed by atoms with Crippen LogP contribution in [0.1, 0.15) is 74.9 Å². The zero-order valence-corrected chi connectivity index (χ0v) is 36.8. The molecule has 0 amide bonds. The molecule has 0 unspecified atom stereocenters. The molecule has 0 heterocycles. The summed E-state index contributed by atoms with van der Waals surface area (Å²) in [6.45, 7) is 13.7. The fraction of sp³-hybridized carbons (Fsp3) is 0.153. The van der Waals surface area contributed by atoms with E-state index in [1.807, 2.05) is 60.7 Å². The van der Waals surface area contributed by atoms with Crippen LogP contribution < -0.4 is 15.9 Å². The molecule has 0 saturated heterocycles. The third-order valence-electron chi connectivity index (χ3n) is 13.2. The number of benzene rings is 10. The molecule has 0 aliphatic rings. The van der Waals surface area contributed by atoms with Gasteiger partial charge in [-0.15, -0.1) is 0 Å². The lowest BCUT2D eigenvalue weighted by molar-refractivity contribution is 0.588. The lowest BCUT2D eigenvalue weighted by atomic mass is 9.64. The summed E-state index contributed by atoms with van der Waals surface area (Å²) in [5.41, 5.74) is 6.48. The molecule has 0 bridgehead atoms. The molecule has 0 aromatic heterocycles. The SMILES string of the molecule is CC(C)(C)c1ccc(C(c2ccc(C(C)(C)C)cc2)(c2ccc(P(=O)(c3ccccc3)c3ccccc3)cc2)c2cc3cccc4c5cccc6cccc(c(c2)c34)c65)cc1. The van der Waals surface area contributed by atoms with Crippen LogP contribution in [0.3, 0.4) is 0 Å². The fourth-order valence-electron chi connectivity index (χ4n) is 9.96. The normalized spacial score (nSPS) is 12.8. The van der Waals surface area contributed by atoms with Crippen molar-refractivity contribution in [1.82, 2.24) is 0 Å². The Morgan fingerprint density at radius 1 is 0.311 bits per heavy atom. The van der Waals surface area contributed by atoms with Gasteiger partial charge in [0.05, 0.1) is 5.41 Å². The average Bonchev–Trinajstić information content (AvgIpc) is 3.28. The monoisotopic (exact) mass is 806 g/mol. The topological polar surface area (TPSA) is 17.1 Å². The van der Waals surface area contributed by atoms with Gasteiger partial charge in [-0.3, -0.25) is 0 Å². The molecule has 0 radical (unpaired) electrons. The lowest BCUT2D eigenvalue weighted by Crippen LogP contribution is -2.32. The van der Waals surface area contributed by atoms with E-state index in [4.69, 9.17) is 0 Å². The molecule has 10 aromatic rings. The quantitative estimate of drug-likeness (QED) is 0.0679. The van der Waals surface area contributed by atoms with Crippen molar-refractivity contribution in [3.8, 4) is 0 Å². The van der Waals surface area contributed by atoms with Gasteiger partial charge in [0.15, 0.2) is 7.14 Å². The molecule has 0 saturated carbocycles. The minimum Gasteiger partial charge on any atom is -0.309 e. The molecule has 61 heavy (non-hydrogen) atoms. The minimum absolute atomic E-state index is 0.0111. The van der Waals surface area contributed by atoms with Gasteiger partial charge in [0.2, 0.25) is 0 Å². The van der Waals surface area contributed by atoms with Crippen LogP contribution in [-0.2, 0) is 20.8 Å². The third-order valence-corrected chi connectivity index (χ3v) is 16.2. The van der Waals surface area contributed by atoms with Crippen LogP contribution in [0.15, 0.2) is 200 Å². The van der Waals surface area contributed by atoms with Gasteiger partial charge in [0.25, 0.3) is 0 Å². The van der Waals surface area contributed by atoms with Gasteiger partial charge in [0, 0.05) is 15.9 Å². The van der Waals surface area contributed by atoms with Crippen molar-refractivity contribution in [2.24, 2.45) is 0 Å². The van der Waals surface area contributed by atoms with Gasteiger partial charge >= 0.3 is 0 Å². The zero-order chi connectivity index (χ0) is 42.1. The molecule has 0 fully saturated rings. The van der Waals surface area contributed by atoms with Gasteiger partial charge in [0.1, 0.15) is 0 Å². The molecular weight excluding hydrogens is 756 g/mol. The van der Waals surface area contributed by atoms with Crippen molar-refractivity contribution < 1.29 is 4.57 Å². The van der Waals surface area contributed by atoms with Gasteiger partial charge < -0.3 is 4.57 Å². The van der Waals surface area contributed by atoms with Crippen molar-refractivity contribution in [3.63, 3.8) is 0 Å². The van der Waals surface area contributed by atoms with E-state index in [0.717, 1.165) is 21.5 Å². The Kier molecular flexibility index (Phi) is 9.21. The molecule has 0 aliphatic carbocycles. The molecule has 298 valence electrons. The Balaban J connectivity index is 1.32. The van der Waals surface area contributed by atoms with E-state index in [9.17, 15) is 0 Å². The standard InChI is InChI=1S/C59H51OP/c1-57(2,3)42-26-30-44(31-27-42)59(45-32-28-43(29-33-45)58(4,5)6,46-34-36-50(37-35-46)61(60,48-19-9-7-10-20-48)49-21-11-8-12-22-49)47-38-41-18-15-24-52-51-23-13-16-40-17-14-25-53(55(40)51)54(39-47)56(41)52/h7-39H,1-6H3. The summed E-state index contributed by atoms with van der Waals surface area (Å²) in [6, 6.07) is 72.6. The molecule has 1 nitrogen and oxygen atoms in total. The minimum atomic E-state index is -3.21. The maximum Gasteiger partial charge on any atom is 0.171 e. The fourth-order valence-corrected chi connectivity index (χ4v) is 12.6. The van der Waals surface area contributed by atoms with Gasteiger partial charge in [-0.05, 0) is 99.4 Å². The van der Waals surface area contributed by atoms with E-state index >= 15 is 4.57 Å². The molecule has 0 N–H and O–H groups in total. The first-order valence-corrected chi connectivity index (χ1v) is 23.2. The van der Waals surface area contributed by atoms with Crippen LogP contribution in [-0.4, -0.2) is 0 Å². The molecule has 0 atom stereocenters. The highest BCUT2D eigenvalue weighted by Gasteiger charge is 2.40. The smallest absolute Gasteiger partial charge is 0.171 e. The first-order chi connectivity index (χ1) is 29.4. The average molecular weight is 807 g/mol. The van der Waals surface area contributed by atoms with Crippen LogP contribution in [0.4, 0.5) is 0 Å². The first-order valence-electron chi connectivity index (χ1n) is 21.5. The number of hydrogen-bond acceptors (Lipinski definition) is 1. The maximum atomic E-state index is 15.7. The van der Waals surface area contributed by atoms with E-state index < -0.39 is 12.6 Å². The molecule has 2 heteroatoms. The van der Waals surface area contributed by atoms with E-state index in [0.29, 0.717) is 0 Å². The van der Waals surface area contributed by atoms with Crippen molar-refractivity contribution in [3.05, 3.63) is 234 Å². The van der Waals surface area contributed by atoms with Crippen molar-refractivity contribution >= 4 is 66.1 Å². The van der Waals surface area contributed by atoms with Crippen molar-refractivity contribution in [1.29, 1.82) is 0 Å². The van der Waals surface area contributed by atoms with Crippen LogP contribution in [0.5, 0.6) is 0 Å². The van der Waals surface area contributed by atoms with Gasteiger partial charge in [-0.25, -0.2) is 0 Å². The summed E-state index contributed by atoms with van der Waals surface area (Å²) in [5.74, 6) is 0. The lowest BCUT2D eigenvalue weighted by Gasteiger charge is -2.38. The second-order valence-corrected chi connectivity index (χ2v) is 21.6. The highest BCUT2D eigenvalue weighted by Crippen LogP contribution is 2.50. The highest BCUT2D eigenvalue weighted by molar-refractivity contribution is 7.85. The predicted octanol–water partition coefficient (Wildman–Crippen LogP) is 14.4. The Labute approximate surface area is 360 Å². The molecule has 10 aromatic carbocycles. The van der Waals surface area contributed by atoms with Crippen molar-refractivity contribution in [2.75, 3.05) is 0 Å². The number of fused-ring (bicyclic) bond motifs is 2. The van der Waals surface area contributed by atoms with Gasteiger partial charge in [-0.1, -0.05) is 230 Å². The summed E-state index contributed by atoms with van der Waals surface area (Å²) in [7, 11) is -3.21. The molecular formula is C59H51OP. The summed E-state index contributed by atoms with van der Waals surface area (Å²) in [6.07, 6.45) is 0. The third kappa shape index (κ3) is 6.25. The second kappa shape index (κ2) is 14.4. The van der Waals surface area contributed by atoms with Crippen LogP contribution in [0.25, 0.3) is 43.1 Å². The Morgan fingerprint density at radius 2 is 0.672 bits per heavy atom. The first kappa shape index (κ1) is 38.9. The van der Waals surface area contributed by atoms with Crippen LogP contribution >= 0.6 is 7.14 Å². The van der Waals surface area contributed by atoms with Crippen LogP contribution in [0, 0.1) is 0 Å². The Bertz CT molecular complexity index is 3130. The largest absolute Gasteiger partial charge is 0.309 e. The summed E-state index contributed by atoms with van der Waals surface area (Å²) >= 11 is 0. The van der Waals surface area contributed by atoms with E-state index in [1.165, 1.54) is 70.9 Å². The predicted molar refractivity (Wildman–Crippen MR) is 263 cm³/mol. The highest BCUT2D eigenvalue weighted by atomic mass is 31.2. The number of rotatable bonds is 7. The summed E-state index contributed by atoms with van der Waals surface area (Å²) in [4.78, 5) is 0. The number of hydrogen-bond donors (Lipinski definition) is 0. The Morgan fingerprint density at radius 3 is 1.11 bits per heavy atom. The molecule has 0 aliphatic heterocycles. The molecule has 10 rings (SSSR count). The van der Waals surface area contributed by atoms with Gasteiger partial charge in [-0.2, -0.15) is 0 Å². The van der Waals surface area contributed by atoms with Crippen LogP contribution in [0.2, 0.25) is 0 Å². The van der Waals surface area contributed by atoms with E-state index in [2.05, 4.69) is 181 Å². The van der Waals surface area contributed by atoms with Crippen molar-refractivity contribution in [2.45, 2.75) is 57.8 Å². The summed E-state index contributed by atoms with van der Waals surface area (Å²) < 4.78 is 15.7. The Hall–Kier alpha value is -6.27. The maximum absolute atomic E-state index is 15.7. The second-order valence-electron chi connectivity index (χ2n) is 18.9. The molecule has 0 spiro atoms. The summed E-state index contributed by atoms with van der Waals surface area (Å²) in [5, 5.41) is 12.6.